The number of aryl methyl sites for hydroxylation is 3. The maximum Gasteiger partial charge on any atom is 0.244 e. The van der Waals surface area contributed by atoms with Gasteiger partial charge in [-0.3, -0.25) is 4.79 Å². The van der Waals surface area contributed by atoms with Crippen molar-refractivity contribution in [3.63, 3.8) is 0 Å². The minimum atomic E-state index is -3.49. The van der Waals surface area contributed by atoms with Crippen LogP contribution in [-0.4, -0.2) is 56.3 Å². The van der Waals surface area contributed by atoms with Gasteiger partial charge in [-0.1, -0.05) is 18.2 Å². The van der Waals surface area contributed by atoms with Crippen LogP contribution in [0.3, 0.4) is 0 Å². The van der Waals surface area contributed by atoms with Crippen LogP contribution >= 0.6 is 11.3 Å². The van der Waals surface area contributed by atoms with Crippen LogP contribution in [0.15, 0.2) is 35.2 Å². The Morgan fingerprint density at radius 1 is 1.10 bits per heavy atom. The van der Waals surface area contributed by atoms with Gasteiger partial charge < -0.3 is 9.64 Å². The number of amides is 1. The number of carbonyl (C=O) groups excluding carboxylic acids is 1. The van der Waals surface area contributed by atoms with Gasteiger partial charge in [0.2, 0.25) is 15.9 Å². The van der Waals surface area contributed by atoms with E-state index < -0.39 is 10.0 Å². The molecule has 1 fully saturated rings. The highest BCUT2D eigenvalue weighted by Gasteiger charge is 2.31. The van der Waals surface area contributed by atoms with Crippen LogP contribution in [0.1, 0.15) is 28.2 Å². The predicted molar refractivity (Wildman–Crippen MR) is 115 cm³/mol. The molecule has 29 heavy (non-hydrogen) atoms. The highest BCUT2D eigenvalue weighted by atomic mass is 32.2. The third-order valence-electron chi connectivity index (χ3n) is 5.09. The summed E-state index contributed by atoms with van der Waals surface area (Å²) >= 11 is 1.49. The molecule has 1 amide bonds. The first-order chi connectivity index (χ1) is 13.8. The van der Waals surface area contributed by atoms with Crippen LogP contribution in [-0.2, 0) is 14.8 Å². The van der Waals surface area contributed by atoms with Crippen molar-refractivity contribution < 1.29 is 17.9 Å². The summed E-state index contributed by atoms with van der Waals surface area (Å²) < 4.78 is 33.0. The average molecular weight is 437 g/mol. The molecule has 0 bridgehead atoms. The number of hydrogen-bond acceptors (Lipinski definition) is 5. The lowest BCUT2D eigenvalue weighted by molar-refractivity contribution is -0.132. The molecule has 8 heteroatoms. The van der Waals surface area contributed by atoms with Crippen molar-refractivity contribution in [3.8, 4) is 5.75 Å². The Bertz CT molecular complexity index is 961. The Kier molecular flexibility index (Phi) is 6.97. The zero-order valence-electron chi connectivity index (χ0n) is 17.2. The second kappa shape index (κ2) is 9.28. The number of carbonyl (C=O) groups is 1. The van der Waals surface area contributed by atoms with E-state index >= 15 is 0 Å². The van der Waals surface area contributed by atoms with E-state index in [1.807, 2.05) is 45.0 Å². The third-order valence-corrected chi connectivity index (χ3v) is 8.21. The Hall–Kier alpha value is -1.90. The van der Waals surface area contributed by atoms with Gasteiger partial charge in [0, 0.05) is 42.4 Å². The number of piperazine rings is 1. The summed E-state index contributed by atoms with van der Waals surface area (Å²) in [5.74, 6) is 0.899. The van der Waals surface area contributed by atoms with E-state index in [2.05, 4.69) is 0 Å². The van der Waals surface area contributed by atoms with Gasteiger partial charge in [-0.15, -0.1) is 11.3 Å². The van der Waals surface area contributed by atoms with Gasteiger partial charge in [-0.2, -0.15) is 4.31 Å². The van der Waals surface area contributed by atoms with E-state index in [-0.39, 0.29) is 5.91 Å². The molecule has 6 nitrogen and oxygen atoms in total. The molecule has 0 spiro atoms. The largest absolute Gasteiger partial charge is 0.493 e. The van der Waals surface area contributed by atoms with E-state index in [9.17, 15) is 13.2 Å². The van der Waals surface area contributed by atoms with E-state index in [0.29, 0.717) is 50.5 Å². The number of sulfonamides is 1. The maximum absolute atomic E-state index is 12.9. The Balaban J connectivity index is 1.46. The molecule has 0 N–H and O–H groups in total. The molecule has 1 aliphatic rings. The van der Waals surface area contributed by atoms with Crippen molar-refractivity contribution in [2.45, 2.75) is 38.5 Å². The highest BCUT2D eigenvalue weighted by molar-refractivity contribution is 7.89. The molecule has 0 radical (unpaired) electrons. The topological polar surface area (TPSA) is 66.9 Å². The van der Waals surface area contributed by atoms with E-state index in [1.165, 1.54) is 15.6 Å². The van der Waals surface area contributed by atoms with Gasteiger partial charge in [0.1, 0.15) is 5.75 Å². The summed E-state index contributed by atoms with van der Waals surface area (Å²) in [5.41, 5.74) is 1.08. The minimum absolute atomic E-state index is 0.0537. The molecule has 0 atom stereocenters. The van der Waals surface area contributed by atoms with Crippen LogP contribution in [0.25, 0.3) is 0 Å². The standard InChI is InChI=1S/C21H28N2O4S2/c1-16-7-4-5-8-19(16)27-14-6-9-21(24)22-10-12-23(13-11-22)29(25,26)20-15-17(2)28-18(20)3/h4-5,7-8,15H,6,9-14H2,1-3H3. The quantitative estimate of drug-likeness (QED) is 0.624. The molecular formula is C21H28N2O4S2. The first-order valence-corrected chi connectivity index (χ1v) is 12.1. The highest BCUT2D eigenvalue weighted by Crippen LogP contribution is 2.28. The van der Waals surface area contributed by atoms with Gasteiger partial charge in [0.15, 0.2) is 0 Å². The monoisotopic (exact) mass is 436 g/mol. The molecule has 3 rings (SSSR count). The van der Waals surface area contributed by atoms with E-state index in [0.717, 1.165) is 21.1 Å². The Morgan fingerprint density at radius 3 is 2.41 bits per heavy atom. The normalized spacial score (nSPS) is 15.5. The van der Waals surface area contributed by atoms with Gasteiger partial charge in [0.05, 0.1) is 11.5 Å². The number of benzene rings is 1. The van der Waals surface area contributed by atoms with Crippen molar-refractivity contribution in [2.24, 2.45) is 0 Å². The first-order valence-electron chi connectivity index (χ1n) is 9.82. The third kappa shape index (κ3) is 5.18. The molecule has 1 aliphatic heterocycles. The van der Waals surface area contributed by atoms with Gasteiger partial charge in [-0.25, -0.2) is 8.42 Å². The zero-order valence-corrected chi connectivity index (χ0v) is 18.8. The number of ether oxygens (including phenoxy) is 1. The summed E-state index contributed by atoms with van der Waals surface area (Å²) in [5, 5.41) is 0. The molecule has 1 aromatic carbocycles. The summed E-state index contributed by atoms with van der Waals surface area (Å²) in [6.45, 7) is 7.76. The lowest BCUT2D eigenvalue weighted by atomic mass is 10.2. The number of thiophene rings is 1. The second-order valence-corrected chi connectivity index (χ2v) is 10.6. The Morgan fingerprint density at radius 2 is 1.79 bits per heavy atom. The number of hydrogen-bond donors (Lipinski definition) is 0. The lowest BCUT2D eigenvalue weighted by Crippen LogP contribution is -2.50. The van der Waals surface area contributed by atoms with Crippen LogP contribution in [0.4, 0.5) is 0 Å². The van der Waals surface area contributed by atoms with E-state index in [1.54, 1.807) is 11.0 Å². The number of para-hydroxylation sites is 1. The van der Waals surface area contributed by atoms with Gasteiger partial charge in [0.25, 0.3) is 0 Å². The molecule has 158 valence electrons. The smallest absolute Gasteiger partial charge is 0.244 e. The lowest BCUT2D eigenvalue weighted by Gasteiger charge is -2.34. The molecule has 2 aromatic rings. The molecule has 2 heterocycles. The van der Waals surface area contributed by atoms with Crippen LogP contribution in [0, 0.1) is 20.8 Å². The van der Waals surface area contributed by atoms with Crippen molar-refractivity contribution in [1.82, 2.24) is 9.21 Å². The minimum Gasteiger partial charge on any atom is -0.493 e. The molecule has 0 unspecified atom stereocenters. The molecule has 0 saturated carbocycles. The summed E-state index contributed by atoms with van der Waals surface area (Å²) in [7, 11) is -3.49. The first kappa shape index (κ1) is 21.8. The van der Waals surface area contributed by atoms with Crippen molar-refractivity contribution >= 4 is 27.3 Å². The van der Waals surface area contributed by atoms with Gasteiger partial charge in [-0.05, 0) is 44.9 Å². The molecule has 0 aliphatic carbocycles. The second-order valence-electron chi connectivity index (χ2n) is 7.28. The summed E-state index contributed by atoms with van der Waals surface area (Å²) in [6.07, 6.45) is 1.04. The molecular weight excluding hydrogens is 408 g/mol. The van der Waals surface area contributed by atoms with Gasteiger partial charge >= 0.3 is 0 Å². The van der Waals surface area contributed by atoms with Crippen molar-refractivity contribution in [2.75, 3.05) is 32.8 Å². The fourth-order valence-electron chi connectivity index (χ4n) is 3.46. The molecule has 1 saturated heterocycles. The van der Waals surface area contributed by atoms with Crippen molar-refractivity contribution in [3.05, 3.63) is 45.6 Å². The van der Waals surface area contributed by atoms with Crippen LogP contribution in [0.5, 0.6) is 5.75 Å². The number of nitrogens with zero attached hydrogens (tertiary/aromatic N) is 2. The summed E-state index contributed by atoms with van der Waals surface area (Å²) in [6, 6.07) is 9.55. The van der Waals surface area contributed by atoms with Crippen LogP contribution < -0.4 is 4.74 Å². The SMILES string of the molecule is Cc1cc(S(=O)(=O)N2CCN(C(=O)CCCOc3ccccc3C)CC2)c(C)s1. The zero-order chi connectivity index (χ0) is 21.0. The maximum atomic E-state index is 12.9. The Labute approximate surface area is 177 Å². The average Bonchev–Trinajstić information content (AvgIpc) is 3.05. The summed E-state index contributed by atoms with van der Waals surface area (Å²) in [4.78, 5) is 16.4. The fraction of sp³-hybridized carbons (Fsp3) is 0.476. The number of rotatable bonds is 7. The van der Waals surface area contributed by atoms with E-state index in [4.69, 9.17) is 4.74 Å². The molecule has 1 aromatic heterocycles. The predicted octanol–water partition coefficient (Wildman–Crippen LogP) is 3.37. The van der Waals surface area contributed by atoms with Crippen molar-refractivity contribution in [1.29, 1.82) is 0 Å². The van der Waals surface area contributed by atoms with Crippen LogP contribution in [0.2, 0.25) is 0 Å². The fourth-order valence-corrected chi connectivity index (χ4v) is 6.41.